The second-order valence-electron chi connectivity index (χ2n) is 9.39. The molecule has 2 aromatic heterocycles. The molecule has 0 saturated heterocycles. The van der Waals surface area contributed by atoms with E-state index >= 15 is 0 Å². The maximum Gasteiger partial charge on any atom is 0.291 e. The molecule has 0 N–H and O–H groups in total. The average molecular weight is 526 g/mol. The van der Waals surface area contributed by atoms with Gasteiger partial charge < -0.3 is 0 Å². The summed E-state index contributed by atoms with van der Waals surface area (Å²) in [5.74, 6) is 0.559. The Morgan fingerprint density at radius 3 is 2.08 bits per heavy atom. The Balaban J connectivity index is 1.20. The van der Waals surface area contributed by atoms with Crippen LogP contribution in [0.3, 0.4) is 0 Å². The molecule has 4 aromatic carbocycles. The molecule has 0 aliphatic carbocycles. The highest BCUT2D eigenvalue weighted by Crippen LogP contribution is 2.36. The Labute approximate surface area is 228 Å². The Morgan fingerprint density at radius 2 is 1.41 bits per heavy atom. The molecule has 1 aliphatic rings. The van der Waals surface area contributed by atoms with Gasteiger partial charge in [0.15, 0.2) is 5.82 Å². The minimum Gasteiger partial charge on any atom is -0.266 e. The monoisotopic (exact) mass is 525 g/mol. The number of hydrogen-bond donors (Lipinski definition) is 0. The van der Waals surface area contributed by atoms with Gasteiger partial charge in [0.25, 0.3) is 5.56 Å². The fourth-order valence-electron chi connectivity index (χ4n) is 4.91. The number of nitrogens with zero attached hydrogens (tertiary/aromatic N) is 5. The van der Waals surface area contributed by atoms with Crippen molar-refractivity contribution in [1.29, 1.82) is 0 Å². The van der Waals surface area contributed by atoms with Crippen molar-refractivity contribution in [3.63, 3.8) is 0 Å². The van der Waals surface area contributed by atoms with Gasteiger partial charge in [-0.1, -0.05) is 114 Å². The smallest absolute Gasteiger partial charge is 0.266 e. The first-order valence-corrected chi connectivity index (χ1v) is 13.6. The van der Waals surface area contributed by atoms with Crippen molar-refractivity contribution in [2.24, 2.45) is 5.10 Å². The van der Waals surface area contributed by atoms with Crippen LogP contribution in [0.1, 0.15) is 29.2 Å². The fraction of sp³-hybridized carbons (Fsp3) is 0.0625. The summed E-state index contributed by atoms with van der Waals surface area (Å²) in [6.45, 7) is 0. The number of fused-ring (bicyclic) bond motifs is 1. The zero-order valence-electron chi connectivity index (χ0n) is 20.9. The van der Waals surface area contributed by atoms with Crippen LogP contribution in [0.15, 0.2) is 125 Å². The van der Waals surface area contributed by atoms with Gasteiger partial charge in [-0.15, -0.1) is 5.10 Å². The molecule has 0 bridgehead atoms. The predicted molar refractivity (Wildman–Crippen MR) is 157 cm³/mol. The summed E-state index contributed by atoms with van der Waals surface area (Å²) in [6, 6.07) is 38.8. The molecule has 0 amide bonds. The normalized spacial score (nSPS) is 15.7. The van der Waals surface area contributed by atoms with Crippen LogP contribution in [0.4, 0.5) is 5.69 Å². The maximum atomic E-state index is 13.0. The summed E-state index contributed by atoms with van der Waals surface area (Å²) in [5, 5.41) is 11.6. The third-order valence-corrected chi connectivity index (χ3v) is 7.83. The van der Waals surface area contributed by atoms with Crippen molar-refractivity contribution >= 4 is 33.8 Å². The molecule has 0 radical (unpaired) electrons. The number of benzene rings is 4. The van der Waals surface area contributed by atoms with E-state index in [9.17, 15) is 4.79 Å². The van der Waals surface area contributed by atoms with E-state index < -0.39 is 0 Å². The number of hydrazone groups is 1. The standard InChI is InChI=1S/C32H23N5OS/c38-31-29(39-32-33-30(35-37(31)32)25-14-8-3-9-15-25)20-22-16-18-26(19-17-22)36-28(24-12-6-2-7-13-24)21-27(34-36)23-10-4-1-5-11-23/h1-20,28H,21H2/b29-20-. The van der Waals surface area contributed by atoms with Crippen molar-refractivity contribution in [3.8, 4) is 11.4 Å². The van der Waals surface area contributed by atoms with Crippen molar-refractivity contribution in [3.05, 3.63) is 147 Å². The van der Waals surface area contributed by atoms with Crippen LogP contribution in [-0.2, 0) is 0 Å². The topological polar surface area (TPSA) is 62.9 Å². The third-order valence-electron chi connectivity index (χ3n) is 6.87. The Hall–Kier alpha value is -4.88. The molecule has 7 heteroatoms. The van der Waals surface area contributed by atoms with Crippen LogP contribution in [0.25, 0.3) is 22.4 Å². The zero-order chi connectivity index (χ0) is 26.2. The maximum absolute atomic E-state index is 13.0. The van der Waals surface area contributed by atoms with Crippen LogP contribution in [0.2, 0.25) is 0 Å². The summed E-state index contributed by atoms with van der Waals surface area (Å²) >= 11 is 1.35. The first kappa shape index (κ1) is 23.3. The van der Waals surface area contributed by atoms with Crippen molar-refractivity contribution in [2.75, 3.05) is 5.01 Å². The Morgan fingerprint density at radius 1 is 0.769 bits per heavy atom. The van der Waals surface area contributed by atoms with E-state index in [0.717, 1.165) is 34.5 Å². The number of rotatable bonds is 5. The predicted octanol–water partition coefficient (Wildman–Crippen LogP) is 5.72. The minimum atomic E-state index is -0.158. The van der Waals surface area contributed by atoms with Gasteiger partial charge in [0.2, 0.25) is 4.96 Å². The van der Waals surface area contributed by atoms with Gasteiger partial charge >= 0.3 is 0 Å². The zero-order valence-corrected chi connectivity index (χ0v) is 21.7. The lowest BCUT2D eigenvalue weighted by Gasteiger charge is -2.24. The molecule has 3 heterocycles. The first-order valence-electron chi connectivity index (χ1n) is 12.8. The van der Waals surface area contributed by atoms with Gasteiger partial charge in [0, 0.05) is 12.0 Å². The fourth-order valence-corrected chi connectivity index (χ4v) is 5.81. The van der Waals surface area contributed by atoms with Gasteiger partial charge in [-0.25, -0.2) is 0 Å². The van der Waals surface area contributed by atoms with Crippen LogP contribution < -0.4 is 15.1 Å². The van der Waals surface area contributed by atoms with Gasteiger partial charge in [0.05, 0.1) is 22.0 Å². The number of thiazole rings is 1. The Kier molecular flexibility index (Phi) is 5.83. The highest BCUT2D eigenvalue weighted by Gasteiger charge is 2.29. The lowest BCUT2D eigenvalue weighted by molar-refractivity contribution is 0.709. The number of aromatic nitrogens is 3. The highest BCUT2D eigenvalue weighted by molar-refractivity contribution is 7.15. The van der Waals surface area contributed by atoms with E-state index in [1.807, 2.05) is 72.8 Å². The molecule has 39 heavy (non-hydrogen) atoms. The average Bonchev–Trinajstić information content (AvgIpc) is 3.70. The molecule has 6 nitrogen and oxygen atoms in total. The summed E-state index contributed by atoms with van der Waals surface area (Å²) in [5.41, 5.74) is 6.11. The van der Waals surface area contributed by atoms with Crippen LogP contribution in [0.5, 0.6) is 0 Å². The van der Waals surface area contributed by atoms with Crippen LogP contribution in [-0.4, -0.2) is 20.3 Å². The van der Waals surface area contributed by atoms with Crippen molar-refractivity contribution in [1.82, 2.24) is 14.6 Å². The van der Waals surface area contributed by atoms with Crippen LogP contribution >= 0.6 is 11.3 Å². The number of hydrogen-bond acceptors (Lipinski definition) is 6. The van der Waals surface area contributed by atoms with Crippen LogP contribution in [0, 0.1) is 0 Å². The lowest BCUT2D eigenvalue weighted by atomic mass is 9.98. The van der Waals surface area contributed by atoms with Crippen molar-refractivity contribution in [2.45, 2.75) is 12.5 Å². The van der Waals surface area contributed by atoms with Gasteiger partial charge in [-0.05, 0) is 34.9 Å². The first-order chi connectivity index (χ1) is 19.2. The summed E-state index contributed by atoms with van der Waals surface area (Å²) < 4.78 is 1.99. The molecule has 6 aromatic rings. The third kappa shape index (κ3) is 4.43. The molecular formula is C32H23N5OS. The van der Waals surface area contributed by atoms with Gasteiger partial charge in [-0.3, -0.25) is 9.80 Å². The molecule has 0 spiro atoms. The molecule has 0 fully saturated rings. The molecule has 0 saturated carbocycles. The van der Waals surface area contributed by atoms with E-state index in [1.54, 1.807) is 0 Å². The quantitative estimate of drug-likeness (QED) is 0.289. The minimum absolute atomic E-state index is 0.111. The van der Waals surface area contributed by atoms with E-state index in [4.69, 9.17) is 5.10 Å². The van der Waals surface area contributed by atoms with E-state index in [1.165, 1.54) is 21.4 Å². The number of anilines is 1. The summed E-state index contributed by atoms with van der Waals surface area (Å²) in [7, 11) is 0. The van der Waals surface area contributed by atoms with Gasteiger partial charge in [0.1, 0.15) is 0 Å². The molecule has 1 atom stereocenters. The molecule has 1 unspecified atom stereocenters. The second-order valence-corrected chi connectivity index (χ2v) is 10.4. The van der Waals surface area contributed by atoms with Gasteiger partial charge in [-0.2, -0.15) is 14.6 Å². The van der Waals surface area contributed by atoms with E-state index in [0.29, 0.717) is 15.3 Å². The summed E-state index contributed by atoms with van der Waals surface area (Å²) in [6.07, 6.45) is 2.72. The molecule has 7 rings (SSSR count). The lowest BCUT2D eigenvalue weighted by Crippen LogP contribution is -2.23. The second kappa shape index (κ2) is 9.78. The largest absolute Gasteiger partial charge is 0.291 e. The Bertz CT molecular complexity index is 1900. The van der Waals surface area contributed by atoms with E-state index in [2.05, 4.69) is 63.6 Å². The molecular weight excluding hydrogens is 502 g/mol. The summed E-state index contributed by atoms with van der Waals surface area (Å²) in [4.78, 5) is 18.2. The molecule has 1 aliphatic heterocycles. The van der Waals surface area contributed by atoms with Crippen molar-refractivity contribution < 1.29 is 0 Å². The van der Waals surface area contributed by atoms with E-state index in [-0.39, 0.29) is 11.6 Å². The molecule has 188 valence electrons. The highest BCUT2D eigenvalue weighted by atomic mass is 32.1. The SMILES string of the molecule is O=c1/c(=C/c2ccc(N3N=C(c4ccccc4)CC3c3ccccc3)cc2)sc2nc(-c3ccccc3)nn12.